The molecule has 3 aromatic rings. The van der Waals surface area contributed by atoms with Crippen LogP contribution in [0.2, 0.25) is 0 Å². The Morgan fingerprint density at radius 3 is 2.60 bits per heavy atom. The summed E-state index contributed by atoms with van der Waals surface area (Å²) in [5.41, 5.74) is 1.38. The van der Waals surface area contributed by atoms with E-state index in [-0.39, 0.29) is 18.0 Å². The predicted molar refractivity (Wildman–Crippen MR) is 87.0 cm³/mol. The Balaban J connectivity index is 1.63. The lowest BCUT2D eigenvalue weighted by Gasteiger charge is -2.07. The topological polar surface area (TPSA) is 76.9 Å². The zero-order valence-corrected chi connectivity index (χ0v) is 13.7. The second kappa shape index (κ2) is 7.08. The van der Waals surface area contributed by atoms with Crippen LogP contribution in [0.3, 0.4) is 0 Å². The summed E-state index contributed by atoms with van der Waals surface area (Å²) in [6.45, 7) is 0.320. The zero-order valence-electron chi connectivity index (χ0n) is 12.9. The van der Waals surface area contributed by atoms with E-state index in [0.29, 0.717) is 17.5 Å². The van der Waals surface area contributed by atoms with Crippen molar-refractivity contribution >= 4 is 10.0 Å². The Hall–Kier alpha value is -2.65. The fraction of sp³-hybridized carbons (Fsp3) is 0.125. The summed E-state index contributed by atoms with van der Waals surface area (Å²) < 4.78 is 54.1. The third kappa shape index (κ3) is 4.06. The summed E-state index contributed by atoms with van der Waals surface area (Å²) in [6.07, 6.45) is 3.36. The smallest absolute Gasteiger partial charge is 0.240 e. The first kappa shape index (κ1) is 17.2. The summed E-state index contributed by atoms with van der Waals surface area (Å²) in [7, 11) is -3.93. The molecule has 0 aliphatic heterocycles. The number of benzene rings is 1. The molecule has 6 nitrogen and oxygen atoms in total. The second-order valence-corrected chi connectivity index (χ2v) is 6.92. The van der Waals surface area contributed by atoms with Crippen LogP contribution in [0.5, 0.6) is 0 Å². The number of pyridine rings is 1. The third-order valence-corrected chi connectivity index (χ3v) is 4.86. The third-order valence-electron chi connectivity index (χ3n) is 3.40. The molecule has 1 N–H and O–H groups in total. The van der Waals surface area contributed by atoms with Gasteiger partial charge in [0.25, 0.3) is 0 Å². The Labute approximate surface area is 143 Å². The highest BCUT2D eigenvalue weighted by Crippen LogP contribution is 2.14. The maximum atomic E-state index is 13.2. The zero-order chi connectivity index (χ0) is 17.9. The molecule has 0 amide bonds. The predicted octanol–water partition coefficient (Wildman–Crippen LogP) is 2.20. The Morgan fingerprint density at radius 1 is 1.04 bits per heavy atom. The quantitative estimate of drug-likeness (QED) is 0.727. The molecule has 130 valence electrons. The van der Waals surface area contributed by atoms with Gasteiger partial charge < -0.3 is 0 Å². The molecule has 0 aliphatic rings. The Bertz CT molecular complexity index is 975. The van der Waals surface area contributed by atoms with Gasteiger partial charge in [0.15, 0.2) is 11.6 Å². The summed E-state index contributed by atoms with van der Waals surface area (Å²) in [6, 6.07) is 9.66. The molecule has 0 saturated heterocycles. The second-order valence-electron chi connectivity index (χ2n) is 5.15. The van der Waals surface area contributed by atoms with Crippen molar-refractivity contribution in [2.45, 2.75) is 11.4 Å². The standard InChI is InChI=1S/C16H14F2N4O2S/c17-13-5-4-12(11-14(13)18)25(23,24)20-8-10-22-9-6-16(21-22)15-3-1-2-7-19-15/h1-7,9,11,20H,8,10H2. The minimum Gasteiger partial charge on any atom is -0.271 e. The maximum absolute atomic E-state index is 13.2. The van der Waals surface area contributed by atoms with E-state index < -0.39 is 21.7 Å². The molecular formula is C16H14F2N4O2S. The van der Waals surface area contributed by atoms with E-state index in [4.69, 9.17) is 0 Å². The van der Waals surface area contributed by atoms with Gasteiger partial charge >= 0.3 is 0 Å². The van der Waals surface area contributed by atoms with Crippen LogP contribution in [0.25, 0.3) is 11.4 Å². The van der Waals surface area contributed by atoms with Gasteiger partial charge in [0, 0.05) is 18.9 Å². The SMILES string of the molecule is O=S(=O)(NCCn1ccc(-c2ccccn2)n1)c1ccc(F)c(F)c1. The number of nitrogens with one attached hydrogen (secondary N) is 1. The number of hydrogen-bond donors (Lipinski definition) is 1. The van der Waals surface area contributed by atoms with Gasteiger partial charge in [0.2, 0.25) is 10.0 Å². The normalized spacial score (nSPS) is 11.6. The minimum atomic E-state index is -3.93. The van der Waals surface area contributed by atoms with Crippen molar-refractivity contribution < 1.29 is 17.2 Å². The van der Waals surface area contributed by atoms with Crippen molar-refractivity contribution in [1.29, 1.82) is 0 Å². The van der Waals surface area contributed by atoms with Crippen molar-refractivity contribution in [1.82, 2.24) is 19.5 Å². The van der Waals surface area contributed by atoms with Crippen LogP contribution in [-0.2, 0) is 16.6 Å². The van der Waals surface area contributed by atoms with Gasteiger partial charge in [-0.3, -0.25) is 9.67 Å². The van der Waals surface area contributed by atoms with Crippen molar-refractivity contribution in [3.63, 3.8) is 0 Å². The lowest BCUT2D eigenvalue weighted by molar-refractivity contribution is 0.503. The van der Waals surface area contributed by atoms with Gasteiger partial charge in [-0.25, -0.2) is 21.9 Å². The fourth-order valence-electron chi connectivity index (χ4n) is 2.16. The molecule has 0 fully saturated rings. The average Bonchev–Trinajstić information content (AvgIpc) is 3.07. The van der Waals surface area contributed by atoms with E-state index in [9.17, 15) is 17.2 Å². The van der Waals surface area contributed by atoms with Gasteiger partial charge in [0.1, 0.15) is 5.69 Å². The van der Waals surface area contributed by atoms with E-state index >= 15 is 0 Å². The lowest BCUT2D eigenvalue weighted by atomic mass is 10.3. The first-order valence-corrected chi connectivity index (χ1v) is 8.83. The maximum Gasteiger partial charge on any atom is 0.240 e. The Morgan fingerprint density at radius 2 is 1.88 bits per heavy atom. The molecule has 0 radical (unpaired) electrons. The fourth-order valence-corrected chi connectivity index (χ4v) is 3.19. The first-order chi connectivity index (χ1) is 12.0. The number of nitrogens with zero attached hydrogens (tertiary/aromatic N) is 3. The Kier molecular flexibility index (Phi) is 4.86. The highest BCUT2D eigenvalue weighted by molar-refractivity contribution is 7.89. The van der Waals surface area contributed by atoms with Crippen LogP contribution >= 0.6 is 0 Å². The molecule has 0 atom stereocenters. The molecule has 2 aromatic heterocycles. The van der Waals surface area contributed by atoms with E-state index in [2.05, 4.69) is 14.8 Å². The summed E-state index contributed by atoms with van der Waals surface area (Å²) >= 11 is 0. The number of halogens is 2. The van der Waals surface area contributed by atoms with Crippen LogP contribution < -0.4 is 4.72 Å². The molecular weight excluding hydrogens is 350 g/mol. The molecule has 0 spiro atoms. The van der Waals surface area contributed by atoms with E-state index in [1.54, 1.807) is 29.2 Å². The van der Waals surface area contributed by atoms with Gasteiger partial charge in [-0.1, -0.05) is 6.07 Å². The molecule has 0 saturated carbocycles. The monoisotopic (exact) mass is 364 g/mol. The molecule has 2 heterocycles. The van der Waals surface area contributed by atoms with Gasteiger partial charge in [-0.2, -0.15) is 5.10 Å². The van der Waals surface area contributed by atoms with Crippen molar-refractivity contribution in [3.8, 4) is 11.4 Å². The molecule has 0 bridgehead atoms. The average molecular weight is 364 g/mol. The van der Waals surface area contributed by atoms with Crippen molar-refractivity contribution in [3.05, 3.63) is 66.5 Å². The van der Waals surface area contributed by atoms with Crippen LogP contribution in [0.4, 0.5) is 8.78 Å². The highest BCUT2D eigenvalue weighted by Gasteiger charge is 2.16. The van der Waals surface area contributed by atoms with Crippen LogP contribution in [-0.4, -0.2) is 29.7 Å². The van der Waals surface area contributed by atoms with Crippen LogP contribution in [0.15, 0.2) is 59.8 Å². The number of hydrogen-bond acceptors (Lipinski definition) is 4. The summed E-state index contributed by atoms with van der Waals surface area (Å²) in [4.78, 5) is 3.85. The van der Waals surface area contributed by atoms with Gasteiger partial charge in [-0.15, -0.1) is 0 Å². The summed E-state index contributed by atoms with van der Waals surface area (Å²) in [5, 5.41) is 4.31. The number of rotatable bonds is 6. The molecule has 0 unspecified atom stereocenters. The molecule has 9 heteroatoms. The lowest BCUT2D eigenvalue weighted by Crippen LogP contribution is -2.27. The number of aromatic nitrogens is 3. The van der Waals surface area contributed by atoms with Crippen LogP contribution in [0, 0.1) is 11.6 Å². The first-order valence-electron chi connectivity index (χ1n) is 7.35. The van der Waals surface area contributed by atoms with Gasteiger partial charge in [0.05, 0.1) is 17.1 Å². The van der Waals surface area contributed by atoms with Crippen molar-refractivity contribution in [2.75, 3.05) is 6.54 Å². The van der Waals surface area contributed by atoms with Gasteiger partial charge in [-0.05, 0) is 36.4 Å². The van der Waals surface area contributed by atoms with E-state index in [1.807, 2.05) is 12.1 Å². The molecule has 3 rings (SSSR count). The van der Waals surface area contributed by atoms with E-state index in [1.165, 1.54) is 0 Å². The molecule has 1 aromatic carbocycles. The molecule has 25 heavy (non-hydrogen) atoms. The van der Waals surface area contributed by atoms with Crippen LogP contribution in [0.1, 0.15) is 0 Å². The largest absolute Gasteiger partial charge is 0.271 e. The van der Waals surface area contributed by atoms with E-state index in [0.717, 1.165) is 12.1 Å². The van der Waals surface area contributed by atoms with Crippen molar-refractivity contribution in [2.24, 2.45) is 0 Å². The molecule has 0 aliphatic carbocycles. The number of sulfonamides is 1. The summed E-state index contributed by atoms with van der Waals surface area (Å²) in [5.74, 6) is -2.31. The highest BCUT2D eigenvalue weighted by atomic mass is 32.2. The minimum absolute atomic E-state index is 0.0463.